The highest BCUT2D eigenvalue weighted by Gasteiger charge is 2.20. The molecule has 1 atom stereocenters. The molecule has 0 aliphatic carbocycles. The average Bonchev–Trinajstić information content (AvgIpc) is 2.87. The Bertz CT molecular complexity index is 457. The SMILES string of the molecule is COC(OC)C(C)NC(=O)c1ccc2c(c1)CCO2. The molecule has 0 fully saturated rings. The summed E-state index contributed by atoms with van der Waals surface area (Å²) < 4.78 is 15.6. The van der Waals surface area contributed by atoms with Crippen LogP contribution < -0.4 is 10.1 Å². The Labute approximate surface area is 112 Å². The Morgan fingerprint density at radius 2 is 2.11 bits per heavy atom. The predicted molar refractivity (Wildman–Crippen MR) is 70.4 cm³/mol. The Morgan fingerprint density at radius 1 is 1.37 bits per heavy atom. The van der Waals surface area contributed by atoms with Crippen molar-refractivity contribution in [3.05, 3.63) is 29.3 Å². The van der Waals surface area contributed by atoms with Crippen molar-refractivity contribution >= 4 is 5.91 Å². The second-order valence-electron chi connectivity index (χ2n) is 4.52. The molecule has 1 aliphatic heterocycles. The molecule has 5 nitrogen and oxygen atoms in total. The largest absolute Gasteiger partial charge is 0.493 e. The first-order chi connectivity index (χ1) is 9.15. The third kappa shape index (κ3) is 3.05. The highest BCUT2D eigenvalue weighted by molar-refractivity contribution is 5.94. The van der Waals surface area contributed by atoms with Gasteiger partial charge in [-0.1, -0.05) is 0 Å². The van der Waals surface area contributed by atoms with E-state index in [0.29, 0.717) is 12.2 Å². The zero-order valence-electron chi connectivity index (χ0n) is 11.4. The summed E-state index contributed by atoms with van der Waals surface area (Å²) in [4.78, 5) is 12.1. The number of carbonyl (C=O) groups is 1. The van der Waals surface area contributed by atoms with Crippen LogP contribution in [0.4, 0.5) is 0 Å². The van der Waals surface area contributed by atoms with Crippen LogP contribution in [0.15, 0.2) is 18.2 Å². The molecular formula is C14H19NO4. The van der Waals surface area contributed by atoms with E-state index in [0.717, 1.165) is 17.7 Å². The van der Waals surface area contributed by atoms with Gasteiger partial charge in [-0.25, -0.2) is 0 Å². The van der Waals surface area contributed by atoms with Gasteiger partial charge in [0.25, 0.3) is 5.91 Å². The van der Waals surface area contributed by atoms with E-state index in [9.17, 15) is 4.79 Å². The minimum atomic E-state index is -0.457. The number of hydrogen-bond acceptors (Lipinski definition) is 4. The monoisotopic (exact) mass is 265 g/mol. The second kappa shape index (κ2) is 6.04. The van der Waals surface area contributed by atoms with Crippen molar-refractivity contribution in [2.45, 2.75) is 25.7 Å². The Balaban J connectivity index is 2.04. The van der Waals surface area contributed by atoms with Crippen LogP contribution in [0, 0.1) is 0 Å². The van der Waals surface area contributed by atoms with Crippen molar-refractivity contribution in [3.63, 3.8) is 0 Å². The Hall–Kier alpha value is -1.59. The third-order valence-electron chi connectivity index (χ3n) is 3.18. The summed E-state index contributed by atoms with van der Waals surface area (Å²) in [6, 6.07) is 5.25. The molecule has 1 unspecified atom stereocenters. The van der Waals surface area contributed by atoms with Crippen molar-refractivity contribution < 1.29 is 19.0 Å². The first-order valence-electron chi connectivity index (χ1n) is 6.28. The lowest BCUT2D eigenvalue weighted by Gasteiger charge is -2.22. The van der Waals surface area contributed by atoms with Crippen LogP contribution in [0.1, 0.15) is 22.8 Å². The number of rotatable bonds is 5. The maximum atomic E-state index is 12.1. The smallest absolute Gasteiger partial charge is 0.251 e. The maximum absolute atomic E-state index is 12.1. The van der Waals surface area contributed by atoms with Crippen LogP contribution in [-0.4, -0.2) is 39.1 Å². The molecule has 1 aromatic rings. The molecule has 2 rings (SSSR count). The van der Waals surface area contributed by atoms with Gasteiger partial charge < -0.3 is 19.5 Å². The van der Waals surface area contributed by atoms with Gasteiger partial charge in [-0.15, -0.1) is 0 Å². The van der Waals surface area contributed by atoms with E-state index in [2.05, 4.69) is 5.32 Å². The molecule has 0 bridgehead atoms. The van der Waals surface area contributed by atoms with E-state index in [1.807, 2.05) is 19.1 Å². The van der Waals surface area contributed by atoms with Crippen molar-refractivity contribution in [1.82, 2.24) is 5.32 Å². The molecule has 0 saturated heterocycles. The summed E-state index contributed by atoms with van der Waals surface area (Å²) in [6.07, 6.45) is 0.395. The average molecular weight is 265 g/mol. The number of amides is 1. The van der Waals surface area contributed by atoms with Crippen LogP contribution in [0.2, 0.25) is 0 Å². The van der Waals surface area contributed by atoms with Gasteiger partial charge in [0.15, 0.2) is 6.29 Å². The lowest BCUT2D eigenvalue weighted by atomic mass is 10.1. The number of hydrogen-bond donors (Lipinski definition) is 1. The summed E-state index contributed by atoms with van der Waals surface area (Å²) in [5.74, 6) is 0.734. The summed E-state index contributed by atoms with van der Waals surface area (Å²) >= 11 is 0. The minimum Gasteiger partial charge on any atom is -0.493 e. The van der Waals surface area contributed by atoms with E-state index in [1.54, 1.807) is 20.3 Å². The fourth-order valence-corrected chi connectivity index (χ4v) is 2.19. The van der Waals surface area contributed by atoms with E-state index in [-0.39, 0.29) is 11.9 Å². The summed E-state index contributed by atoms with van der Waals surface area (Å²) in [7, 11) is 3.09. The molecule has 0 radical (unpaired) electrons. The van der Waals surface area contributed by atoms with E-state index in [1.165, 1.54) is 0 Å². The van der Waals surface area contributed by atoms with Crippen LogP contribution >= 0.6 is 0 Å². The molecule has 1 N–H and O–H groups in total. The molecule has 0 spiro atoms. The highest BCUT2D eigenvalue weighted by Crippen LogP contribution is 2.25. The lowest BCUT2D eigenvalue weighted by Crippen LogP contribution is -2.42. The van der Waals surface area contributed by atoms with Crippen molar-refractivity contribution in [2.75, 3.05) is 20.8 Å². The molecule has 0 saturated carbocycles. The predicted octanol–water partition coefficient (Wildman–Crippen LogP) is 1.36. The number of carbonyl (C=O) groups excluding carboxylic acids is 1. The lowest BCUT2D eigenvalue weighted by molar-refractivity contribution is -0.117. The summed E-state index contributed by atoms with van der Waals surface area (Å²) in [5.41, 5.74) is 1.71. The van der Waals surface area contributed by atoms with E-state index in [4.69, 9.17) is 14.2 Å². The molecule has 1 amide bonds. The van der Waals surface area contributed by atoms with Gasteiger partial charge in [0.1, 0.15) is 5.75 Å². The van der Waals surface area contributed by atoms with E-state index < -0.39 is 6.29 Å². The van der Waals surface area contributed by atoms with Gasteiger partial charge in [0.2, 0.25) is 0 Å². The number of methoxy groups -OCH3 is 2. The first kappa shape index (κ1) is 13.8. The van der Waals surface area contributed by atoms with Crippen LogP contribution in [0.25, 0.3) is 0 Å². The number of nitrogens with one attached hydrogen (secondary N) is 1. The molecule has 1 aliphatic rings. The van der Waals surface area contributed by atoms with Crippen molar-refractivity contribution in [2.24, 2.45) is 0 Å². The fraction of sp³-hybridized carbons (Fsp3) is 0.500. The summed E-state index contributed by atoms with van der Waals surface area (Å²) in [6.45, 7) is 2.53. The molecule has 1 heterocycles. The van der Waals surface area contributed by atoms with Gasteiger partial charge in [0.05, 0.1) is 12.6 Å². The molecule has 5 heteroatoms. The minimum absolute atomic E-state index is 0.138. The second-order valence-corrected chi connectivity index (χ2v) is 4.52. The van der Waals surface area contributed by atoms with Gasteiger partial charge in [-0.2, -0.15) is 0 Å². The molecule has 19 heavy (non-hydrogen) atoms. The summed E-state index contributed by atoms with van der Waals surface area (Å²) in [5, 5.41) is 2.86. The third-order valence-corrected chi connectivity index (χ3v) is 3.18. The van der Waals surface area contributed by atoms with Gasteiger partial charge >= 0.3 is 0 Å². The zero-order valence-corrected chi connectivity index (χ0v) is 11.4. The highest BCUT2D eigenvalue weighted by atomic mass is 16.7. The van der Waals surface area contributed by atoms with Crippen LogP contribution in [0.5, 0.6) is 5.75 Å². The molecular weight excluding hydrogens is 246 g/mol. The quantitative estimate of drug-likeness (QED) is 0.817. The molecule has 1 aromatic carbocycles. The Morgan fingerprint density at radius 3 is 2.79 bits per heavy atom. The zero-order chi connectivity index (χ0) is 13.8. The van der Waals surface area contributed by atoms with E-state index >= 15 is 0 Å². The fourth-order valence-electron chi connectivity index (χ4n) is 2.19. The number of fused-ring (bicyclic) bond motifs is 1. The molecule has 104 valence electrons. The molecule has 0 aromatic heterocycles. The number of benzene rings is 1. The topological polar surface area (TPSA) is 56.8 Å². The number of ether oxygens (including phenoxy) is 3. The van der Waals surface area contributed by atoms with Gasteiger partial charge in [0, 0.05) is 26.2 Å². The van der Waals surface area contributed by atoms with Crippen LogP contribution in [0.3, 0.4) is 0 Å². The van der Waals surface area contributed by atoms with Crippen molar-refractivity contribution in [1.29, 1.82) is 0 Å². The standard InChI is InChI=1S/C14H19NO4/c1-9(14(17-2)18-3)15-13(16)11-4-5-12-10(8-11)6-7-19-12/h4-5,8-9,14H,6-7H2,1-3H3,(H,15,16). The normalized spacial score (nSPS) is 14.9. The maximum Gasteiger partial charge on any atom is 0.251 e. The van der Waals surface area contributed by atoms with Crippen molar-refractivity contribution in [3.8, 4) is 5.75 Å². The van der Waals surface area contributed by atoms with Gasteiger partial charge in [-0.05, 0) is 30.7 Å². The van der Waals surface area contributed by atoms with Crippen LogP contribution in [-0.2, 0) is 15.9 Å². The first-order valence-corrected chi connectivity index (χ1v) is 6.28. The van der Waals surface area contributed by atoms with Gasteiger partial charge in [-0.3, -0.25) is 4.79 Å². The Kier molecular flexibility index (Phi) is 4.39.